The highest BCUT2D eigenvalue weighted by Gasteiger charge is 2.44. The standard InChI is InChI=1S/C19H22ClN5O3S/c1-11-16(14-5-6-21-17(8-14)23-12(2)26)9-22-19(20)18(11)24-29(27,28)25-10-13-3-4-15(25)7-13/h5-6,8-9,13,15,24H,3-4,7,10H2,1-2H3,(H,21,23,26). The minimum absolute atomic E-state index is 0.0631. The van der Waals surface area contributed by atoms with Crippen LogP contribution in [0.1, 0.15) is 31.7 Å². The summed E-state index contributed by atoms with van der Waals surface area (Å²) in [5.41, 5.74) is 2.36. The number of carbonyl (C=O) groups is 1. The Labute approximate surface area is 174 Å². The van der Waals surface area contributed by atoms with Gasteiger partial charge >= 0.3 is 10.2 Å². The van der Waals surface area contributed by atoms with Gasteiger partial charge in [0.1, 0.15) is 5.82 Å². The zero-order valence-corrected chi connectivity index (χ0v) is 17.7. The van der Waals surface area contributed by atoms with E-state index in [0.29, 0.717) is 29.4 Å². The van der Waals surface area contributed by atoms with Crippen LogP contribution in [0.25, 0.3) is 11.1 Å². The van der Waals surface area contributed by atoms with Gasteiger partial charge in [-0.1, -0.05) is 11.6 Å². The Morgan fingerprint density at radius 1 is 1.31 bits per heavy atom. The van der Waals surface area contributed by atoms with E-state index in [0.717, 1.165) is 24.8 Å². The Kier molecular flexibility index (Phi) is 5.22. The molecule has 4 rings (SSSR count). The van der Waals surface area contributed by atoms with Crippen LogP contribution in [-0.4, -0.2) is 41.2 Å². The van der Waals surface area contributed by atoms with Crippen LogP contribution in [0.3, 0.4) is 0 Å². The summed E-state index contributed by atoms with van der Waals surface area (Å²) in [4.78, 5) is 19.6. The van der Waals surface area contributed by atoms with Gasteiger partial charge in [0.25, 0.3) is 0 Å². The molecule has 2 fully saturated rings. The van der Waals surface area contributed by atoms with E-state index < -0.39 is 10.2 Å². The van der Waals surface area contributed by atoms with Crippen LogP contribution in [0.4, 0.5) is 11.5 Å². The summed E-state index contributed by atoms with van der Waals surface area (Å²) < 4.78 is 30.2. The summed E-state index contributed by atoms with van der Waals surface area (Å²) in [6.07, 6.45) is 6.07. The van der Waals surface area contributed by atoms with Crippen molar-refractivity contribution >= 4 is 39.2 Å². The van der Waals surface area contributed by atoms with Crippen LogP contribution < -0.4 is 10.0 Å². The summed E-state index contributed by atoms with van der Waals surface area (Å²) in [5.74, 6) is 0.621. The van der Waals surface area contributed by atoms with Crippen LogP contribution in [0.15, 0.2) is 24.5 Å². The number of anilines is 2. The molecule has 154 valence electrons. The van der Waals surface area contributed by atoms with Gasteiger partial charge in [-0.15, -0.1) is 0 Å². The van der Waals surface area contributed by atoms with E-state index in [4.69, 9.17) is 11.6 Å². The molecule has 2 bridgehead atoms. The molecule has 1 aliphatic heterocycles. The van der Waals surface area contributed by atoms with Crippen LogP contribution >= 0.6 is 11.6 Å². The summed E-state index contributed by atoms with van der Waals surface area (Å²) in [5, 5.41) is 2.73. The first-order valence-electron chi connectivity index (χ1n) is 9.43. The minimum atomic E-state index is -3.72. The average Bonchev–Trinajstić information content (AvgIpc) is 3.29. The van der Waals surface area contributed by atoms with Crippen molar-refractivity contribution in [3.8, 4) is 11.1 Å². The molecule has 2 aliphatic rings. The maximum Gasteiger partial charge on any atom is 0.302 e. The van der Waals surface area contributed by atoms with Gasteiger partial charge in [-0.25, -0.2) is 9.97 Å². The Hall–Kier alpha value is -2.23. The molecule has 1 amide bonds. The monoisotopic (exact) mass is 435 g/mol. The average molecular weight is 436 g/mol. The van der Waals surface area contributed by atoms with E-state index in [9.17, 15) is 13.2 Å². The Morgan fingerprint density at radius 2 is 2.10 bits per heavy atom. The zero-order chi connectivity index (χ0) is 20.8. The van der Waals surface area contributed by atoms with Gasteiger partial charge in [0.2, 0.25) is 5.91 Å². The molecule has 8 nitrogen and oxygen atoms in total. The lowest BCUT2D eigenvalue weighted by atomic mass is 10.0. The first-order valence-corrected chi connectivity index (χ1v) is 11.2. The van der Waals surface area contributed by atoms with Crippen LogP contribution in [-0.2, 0) is 15.0 Å². The van der Waals surface area contributed by atoms with Crippen molar-refractivity contribution in [3.63, 3.8) is 0 Å². The SMILES string of the molecule is CC(=O)Nc1cc(-c2cnc(Cl)c(NS(=O)(=O)N3CC4CCC3C4)c2C)ccn1. The van der Waals surface area contributed by atoms with Gasteiger partial charge in [-0.2, -0.15) is 12.7 Å². The highest BCUT2D eigenvalue weighted by Crippen LogP contribution is 2.40. The fraction of sp³-hybridized carbons (Fsp3) is 0.421. The highest BCUT2D eigenvalue weighted by atomic mass is 35.5. The van der Waals surface area contributed by atoms with Gasteiger partial charge in [0.15, 0.2) is 5.15 Å². The molecule has 1 aliphatic carbocycles. The number of piperidine rings is 1. The number of hydrogen-bond donors (Lipinski definition) is 2. The highest BCUT2D eigenvalue weighted by molar-refractivity contribution is 7.90. The number of rotatable bonds is 5. The second-order valence-corrected chi connectivity index (χ2v) is 9.56. The molecule has 2 unspecified atom stereocenters. The summed E-state index contributed by atoms with van der Waals surface area (Å²) in [7, 11) is -3.72. The van der Waals surface area contributed by atoms with Gasteiger partial charge in [0.05, 0.1) is 5.69 Å². The van der Waals surface area contributed by atoms with Crippen LogP contribution in [0.5, 0.6) is 0 Å². The van der Waals surface area contributed by atoms with Crippen molar-refractivity contribution in [3.05, 3.63) is 35.2 Å². The number of carbonyl (C=O) groups excluding carboxylic acids is 1. The quantitative estimate of drug-likeness (QED) is 0.701. The topological polar surface area (TPSA) is 104 Å². The molecule has 3 heterocycles. The summed E-state index contributed by atoms with van der Waals surface area (Å²) in [6, 6.07) is 3.53. The predicted octanol–water partition coefficient (Wildman–Crippen LogP) is 3.20. The number of hydrogen-bond acceptors (Lipinski definition) is 5. The molecule has 2 atom stereocenters. The number of nitrogens with one attached hydrogen (secondary N) is 2. The van der Waals surface area contributed by atoms with E-state index >= 15 is 0 Å². The largest absolute Gasteiger partial charge is 0.311 e. The number of amides is 1. The van der Waals surface area contributed by atoms with E-state index in [2.05, 4.69) is 20.0 Å². The number of halogens is 1. The van der Waals surface area contributed by atoms with Crippen molar-refractivity contribution in [1.82, 2.24) is 14.3 Å². The van der Waals surface area contributed by atoms with Crippen LogP contribution in [0.2, 0.25) is 5.15 Å². The lowest BCUT2D eigenvalue weighted by molar-refractivity contribution is -0.114. The number of aromatic nitrogens is 2. The Balaban J connectivity index is 1.66. The van der Waals surface area contributed by atoms with E-state index in [1.54, 1.807) is 35.8 Å². The normalized spacial score (nSPS) is 21.3. The molecule has 2 N–H and O–H groups in total. The van der Waals surface area contributed by atoms with E-state index in [1.807, 2.05) is 0 Å². The van der Waals surface area contributed by atoms with Gasteiger partial charge < -0.3 is 5.32 Å². The third-order valence-corrected chi connectivity index (χ3v) is 7.38. The third-order valence-electron chi connectivity index (χ3n) is 5.57. The minimum Gasteiger partial charge on any atom is -0.311 e. The molecule has 0 aromatic carbocycles. The van der Waals surface area contributed by atoms with Crippen molar-refractivity contribution in [2.75, 3.05) is 16.6 Å². The molecule has 2 aromatic heterocycles. The maximum atomic E-state index is 13.0. The molecule has 29 heavy (non-hydrogen) atoms. The number of fused-ring (bicyclic) bond motifs is 2. The Bertz CT molecular complexity index is 1080. The number of nitrogens with zero attached hydrogens (tertiary/aromatic N) is 3. The van der Waals surface area contributed by atoms with Crippen molar-refractivity contribution < 1.29 is 13.2 Å². The molecular formula is C19H22ClN5O3S. The zero-order valence-electron chi connectivity index (χ0n) is 16.1. The first kappa shape index (κ1) is 20.1. The third kappa shape index (κ3) is 3.94. The second kappa shape index (κ2) is 7.55. The predicted molar refractivity (Wildman–Crippen MR) is 112 cm³/mol. The van der Waals surface area contributed by atoms with Crippen molar-refractivity contribution in [1.29, 1.82) is 0 Å². The smallest absolute Gasteiger partial charge is 0.302 e. The summed E-state index contributed by atoms with van der Waals surface area (Å²) in [6.45, 7) is 3.74. The van der Waals surface area contributed by atoms with Crippen molar-refractivity contribution in [2.45, 2.75) is 39.2 Å². The first-order chi connectivity index (χ1) is 13.7. The molecule has 0 radical (unpaired) electrons. The molecule has 1 saturated carbocycles. The maximum absolute atomic E-state index is 13.0. The second-order valence-electron chi connectivity index (χ2n) is 7.58. The van der Waals surface area contributed by atoms with Gasteiger partial charge in [-0.3, -0.25) is 9.52 Å². The molecule has 2 aromatic rings. The lowest BCUT2D eigenvalue weighted by Gasteiger charge is -2.27. The fourth-order valence-electron chi connectivity index (χ4n) is 4.19. The molecule has 0 spiro atoms. The molecular weight excluding hydrogens is 414 g/mol. The Morgan fingerprint density at radius 3 is 2.76 bits per heavy atom. The van der Waals surface area contributed by atoms with E-state index in [-0.39, 0.29) is 22.8 Å². The summed E-state index contributed by atoms with van der Waals surface area (Å²) >= 11 is 6.25. The van der Waals surface area contributed by atoms with E-state index in [1.165, 1.54) is 6.92 Å². The fourth-order valence-corrected chi connectivity index (χ4v) is 6.10. The van der Waals surface area contributed by atoms with Crippen molar-refractivity contribution in [2.24, 2.45) is 5.92 Å². The van der Waals surface area contributed by atoms with Gasteiger partial charge in [0, 0.05) is 37.5 Å². The van der Waals surface area contributed by atoms with Gasteiger partial charge in [-0.05, 0) is 55.4 Å². The lowest BCUT2D eigenvalue weighted by Crippen LogP contribution is -2.41. The molecule has 1 saturated heterocycles. The number of pyridine rings is 2. The van der Waals surface area contributed by atoms with Crippen LogP contribution in [0, 0.1) is 12.8 Å². The molecule has 10 heteroatoms.